The van der Waals surface area contributed by atoms with Crippen molar-refractivity contribution in [3.8, 4) is 0 Å². The number of alkyl halides is 1. The van der Waals surface area contributed by atoms with Gasteiger partial charge in [-0.15, -0.1) is 0 Å². The van der Waals surface area contributed by atoms with Crippen LogP contribution in [0.3, 0.4) is 0 Å². The summed E-state index contributed by atoms with van der Waals surface area (Å²) in [6.07, 6.45) is 20.0. The summed E-state index contributed by atoms with van der Waals surface area (Å²) in [6, 6.07) is 0. The van der Waals surface area contributed by atoms with Crippen molar-refractivity contribution in [2.24, 2.45) is 47.3 Å². The average molecular weight is 377 g/mol. The van der Waals surface area contributed by atoms with Crippen LogP contribution in [0, 0.1) is 47.3 Å². The van der Waals surface area contributed by atoms with E-state index in [1.165, 1.54) is 89.9 Å². The van der Waals surface area contributed by atoms with Crippen molar-refractivity contribution in [3.05, 3.63) is 0 Å². The zero-order valence-corrected chi connectivity index (χ0v) is 18.2. The first-order valence-electron chi connectivity index (χ1n) is 12.7. The van der Waals surface area contributed by atoms with Crippen molar-refractivity contribution in [1.82, 2.24) is 0 Å². The standard InChI is InChI=1S/C26H45F/c1-18-3-7-20(8-4-18)21-11-13-22(14-12-21)24-15-16-25(26(27)17-24)23-9-5-19(2)6-10-23/h18-26H,3-17H2,1-2H3. The minimum Gasteiger partial charge on any atom is -0.247 e. The van der Waals surface area contributed by atoms with E-state index in [0.717, 1.165) is 36.0 Å². The third kappa shape index (κ3) is 4.92. The van der Waals surface area contributed by atoms with Crippen LogP contribution in [0.5, 0.6) is 0 Å². The molecule has 0 aromatic carbocycles. The molecule has 0 amide bonds. The molecule has 4 rings (SSSR count). The summed E-state index contributed by atoms with van der Waals surface area (Å²) in [4.78, 5) is 0. The second kappa shape index (κ2) is 9.17. The van der Waals surface area contributed by atoms with Gasteiger partial charge in [-0.2, -0.15) is 0 Å². The van der Waals surface area contributed by atoms with Crippen molar-refractivity contribution < 1.29 is 4.39 Å². The molecular weight excluding hydrogens is 331 g/mol. The second-order valence-electron chi connectivity index (χ2n) is 11.5. The molecule has 0 bridgehead atoms. The molecule has 3 atom stereocenters. The first-order valence-corrected chi connectivity index (χ1v) is 12.7. The Balaban J connectivity index is 1.22. The third-order valence-corrected chi connectivity index (χ3v) is 9.74. The van der Waals surface area contributed by atoms with Crippen LogP contribution in [0.25, 0.3) is 0 Å². The number of halogens is 1. The van der Waals surface area contributed by atoms with Gasteiger partial charge in [0.1, 0.15) is 6.17 Å². The average Bonchev–Trinajstić information content (AvgIpc) is 2.69. The van der Waals surface area contributed by atoms with E-state index in [-0.39, 0.29) is 0 Å². The summed E-state index contributed by atoms with van der Waals surface area (Å²) < 4.78 is 15.1. The van der Waals surface area contributed by atoms with Crippen LogP contribution >= 0.6 is 0 Å². The van der Waals surface area contributed by atoms with Crippen molar-refractivity contribution in [2.45, 2.75) is 116 Å². The van der Waals surface area contributed by atoms with Gasteiger partial charge >= 0.3 is 0 Å². The number of hydrogen-bond donors (Lipinski definition) is 0. The lowest BCUT2D eigenvalue weighted by Gasteiger charge is -2.44. The van der Waals surface area contributed by atoms with Gasteiger partial charge in [0.05, 0.1) is 0 Å². The summed E-state index contributed by atoms with van der Waals surface area (Å²) in [5.41, 5.74) is 0. The minimum absolute atomic E-state index is 0.411. The zero-order chi connectivity index (χ0) is 18.8. The van der Waals surface area contributed by atoms with E-state index in [1.54, 1.807) is 0 Å². The van der Waals surface area contributed by atoms with Gasteiger partial charge < -0.3 is 0 Å². The summed E-state index contributed by atoms with van der Waals surface area (Å²) >= 11 is 0. The maximum absolute atomic E-state index is 15.1. The Labute approximate surface area is 168 Å². The van der Waals surface area contributed by atoms with Gasteiger partial charge in [0.15, 0.2) is 0 Å². The second-order valence-corrected chi connectivity index (χ2v) is 11.5. The van der Waals surface area contributed by atoms with Crippen molar-refractivity contribution in [2.75, 3.05) is 0 Å². The Kier molecular flexibility index (Phi) is 6.86. The molecular formula is C26H45F. The van der Waals surface area contributed by atoms with Crippen molar-refractivity contribution in [1.29, 1.82) is 0 Å². The molecule has 0 saturated heterocycles. The molecule has 27 heavy (non-hydrogen) atoms. The first-order chi connectivity index (χ1) is 13.1. The molecule has 0 spiro atoms. The van der Waals surface area contributed by atoms with Crippen LogP contribution in [-0.2, 0) is 0 Å². The van der Waals surface area contributed by atoms with Crippen LogP contribution in [0.15, 0.2) is 0 Å². The highest BCUT2D eigenvalue weighted by atomic mass is 19.1. The van der Waals surface area contributed by atoms with Gasteiger partial charge in [0, 0.05) is 0 Å². The highest BCUT2D eigenvalue weighted by molar-refractivity contribution is 4.90. The lowest BCUT2D eigenvalue weighted by atomic mass is 9.63. The van der Waals surface area contributed by atoms with Crippen molar-refractivity contribution in [3.63, 3.8) is 0 Å². The van der Waals surface area contributed by atoms with E-state index in [9.17, 15) is 0 Å². The van der Waals surface area contributed by atoms with Crippen LogP contribution in [-0.4, -0.2) is 6.17 Å². The largest absolute Gasteiger partial charge is 0.247 e. The normalized spacial score (nSPS) is 49.7. The maximum Gasteiger partial charge on any atom is 0.103 e. The van der Waals surface area contributed by atoms with Gasteiger partial charge in [-0.25, -0.2) is 4.39 Å². The predicted molar refractivity (Wildman–Crippen MR) is 113 cm³/mol. The molecule has 156 valence electrons. The molecule has 1 heteroatoms. The fourth-order valence-corrected chi connectivity index (χ4v) is 7.69. The van der Waals surface area contributed by atoms with Crippen LogP contribution in [0.4, 0.5) is 4.39 Å². The lowest BCUT2D eigenvalue weighted by Crippen LogP contribution is -2.37. The molecule has 0 radical (unpaired) electrons. The van der Waals surface area contributed by atoms with E-state index in [1.807, 2.05) is 0 Å². The lowest BCUT2D eigenvalue weighted by molar-refractivity contribution is 0.0297. The van der Waals surface area contributed by atoms with Crippen molar-refractivity contribution >= 4 is 0 Å². The molecule has 0 aromatic heterocycles. The van der Waals surface area contributed by atoms with E-state index < -0.39 is 6.17 Å². The topological polar surface area (TPSA) is 0 Å². The minimum atomic E-state index is -0.486. The summed E-state index contributed by atoms with van der Waals surface area (Å²) in [6.45, 7) is 4.81. The zero-order valence-electron chi connectivity index (χ0n) is 18.2. The fraction of sp³-hybridized carbons (Fsp3) is 1.00. The monoisotopic (exact) mass is 376 g/mol. The molecule has 4 fully saturated rings. The first kappa shape index (κ1) is 20.2. The molecule has 3 unspecified atom stereocenters. The maximum atomic E-state index is 15.1. The summed E-state index contributed by atoms with van der Waals surface area (Å²) in [5.74, 6) is 6.59. The Morgan fingerprint density at radius 2 is 0.815 bits per heavy atom. The van der Waals surface area contributed by atoms with E-state index in [2.05, 4.69) is 13.8 Å². The third-order valence-electron chi connectivity index (χ3n) is 9.74. The van der Waals surface area contributed by atoms with Gasteiger partial charge in [-0.1, -0.05) is 39.5 Å². The van der Waals surface area contributed by atoms with Gasteiger partial charge in [0.2, 0.25) is 0 Å². The smallest absolute Gasteiger partial charge is 0.103 e. The predicted octanol–water partition coefficient (Wildman–Crippen LogP) is 8.20. The Hall–Kier alpha value is -0.0700. The van der Waals surface area contributed by atoms with Gasteiger partial charge in [-0.3, -0.25) is 0 Å². The highest BCUT2D eigenvalue weighted by Crippen LogP contribution is 2.48. The fourth-order valence-electron chi connectivity index (χ4n) is 7.69. The van der Waals surface area contributed by atoms with Gasteiger partial charge in [0.25, 0.3) is 0 Å². The van der Waals surface area contributed by atoms with Crippen LogP contribution in [0.2, 0.25) is 0 Å². The Morgan fingerprint density at radius 1 is 0.444 bits per heavy atom. The summed E-state index contributed by atoms with van der Waals surface area (Å²) in [5, 5.41) is 0. The van der Waals surface area contributed by atoms with E-state index >= 15 is 4.39 Å². The molecule has 4 saturated carbocycles. The van der Waals surface area contributed by atoms with Gasteiger partial charge in [-0.05, 0) is 118 Å². The summed E-state index contributed by atoms with van der Waals surface area (Å²) in [7, 11) is 0. The number of hydrogen-bond acceptors (Lipinski definition) is 0. The molecule has 0 aromatic rings. The number of rotatable bonds is 3. The van der Waals surface area contributed by atoms with Crippen LogP contribution < -0.4 is 0 Å². The molecule has 0 N–H and O–H groups in total. The van der Waals surface area contributed by atoms with E-state index in [0.29, 0.717) is 17.8 Å². The molecule has 0 aliphatic heterocycles. The molecule has 0 heterocycles. The van der Waals surface area contributed by atoms with E-state index in [4.69, 9.17) is 0 Å². The molecule has 0 nitrogen and oxygen atoms in total. The van der Waals surface area contributed by atoms with Crippen LogP contribution in [0.1, 0.15) is 110 Å². The molecule has 4 aliphatic rings. The Bertz CT molecular complexity index is 435. The Morgan fingerprint density at radius 3 is 1.30 bits per heavy atom. The SMILES string of the molecule is CC1CCC(C2CCC(C3CCC(C4CCC(C)CC4)C(F)C3)CC2)CC1. The highest BCUT2D eigenvalue weighted by Gasteiger charge is 2.40. The molecule has 4 aliphatic carbocycles. The quantitative estimate of drug-likeness (QED) is 0.465.